The van der Waals surface area contributed by atoms with E-state index in [0.29, 0.717) is 0 Å². The number of nitrogens with two attached hydrogens (primary N) is 1. The Morgan fingerprint density at radius 3 is 2.13 bits per heavy atom. The number of hydrogen-bond acceptors (Lipinski definition) is 3. The molecule has 23 heavy (non-hydrogen) atoms. The minimum Gasteiger partial charge on any atom is -0.490 e. The molecule has 0 aromatic heterocycles. The summed E-state index contributed by atoms with van der Waals surface area (Å²) in [6.07, 6.45) is 1.98. The molecule has 4 nitrogen and oxygen atoms in total. The van der Waals surface area contributed by atoms with E-state index >= 15 is 0 Å². The van der Waals surface area contributed by atoms with E-state index < -0.39 is 0 Å². The molecule has 2 aromatic rings. The van der Waals surface area contributed by atoms with Gasteiger partial charge in [-0.15, -0.1) is 0 Å². The molecule has 0 radical (unpaired) electrons. The van der Waals surface area contributed by atoms with Crippen molar-refractivity contribution in [2.45, 2.75) is 25.0 Å². The Balaban J connectivity index is 1.62. The van der Waals surface area contributed by atoms with Gasteiger partial charge in [-0.1, -0.05) is 48.5 Å². The van der Waals surface area contributed by atoms with Gasteiger partial charge in [-0.2, -0.15) is 0 Å². The number of para-hydroxylation sites is 1. The maximum absolute atomic E-state index is 11.9. The summed E-state index contributed by atoms with van der Waals surface area (Å²) in [5.74, 6) is 0.610. The van der Waals surface area contributed by atoms with Crippen LogP contribution in [0, 0.1) is 0 Å². The SMILES string of the molecule is NC(=O)[C@@H](c1ccccc1)N1CCC(Oc2ccccc2)CC1. The van der Waals surface area contributed by atoms with Crippen molar-refractivity contribution in [3.63, 3.8) is 0 Å². The van der Waals surface area contributed by atoms with E-state index in [0.717, 1.165) is 37.2 Å². The van der Waals surface area contributed by atoms with Gasteiger partial charge in [0, 0.05) is 13.1 Å². The van der Waals surface area contributed by atoms with E-state index in [1.165, 1.54) is 0 Å². The topological polar surface area (TPSA) is 55.6 Å². The lowest BCUT2D eigenvalue weighted by Gasteiger charge is -2.36. The van der Waals surface area contributed by atoms with Crippen LogP contribution >= 0.6 is 0 Å². The average Bonchev–Trinajstić information content (AvgIpc) is 2.58. The molecule has 1 aliphatic rings. The molecular weight excluding hydrogens is 288 g/mol. The minimum absolute atomic E-state index is 0.193. The number of amides is 1. The minimum atomic E-state index is -0.353. The van der Waals surface area contributed by atoms with Gasteiger partial charge in [0.05, 0.1) is 0 Å². The fourth-order valence-corrected chi connectivity index (χ4v) is 3.13. The second-order valence-corrected chi connectivity index (χ2v) is 5.88. The molecule has 0 saturated carbocycles. The van der Waals surface area contributed by atoms with Crippen molar-refractivity contribution in [3.05, 3.63) is 66.2 Å². The number of carbonyl (C=O) groups is 1. The molecule has 2 N–H and O–H groups in total. The standard InChI is InChI=1S/C19H22N2O2/c20-19(22)18(15-7-3-1-4-8-15)21-13-11-17(12-14-21)23-16-9-5-2-6-10-16/h1-10,17-18H,11-14H2,(H2,20,22)/t18-/m1/s1. The Kier molecular flexibility index (Phi) is 4.93. The van der Waals surface area contributed by atoms with Crippen LogP contribution in [0.4, 0.5) is 0 Å². The van der Waals surface area contributed by atoms with Gasteiger partial charge >= 0.3 is 0 Å². The molecule has 1 saturated heterocycles. The van der Waals surface area contributed by atoms with Gasteiger partial charge in [0.1, 0.15) is 17.9 Å². The van der Waals surface area contributed by atoms with Crippen LogP contribution in [0.3, 0.4) is 0 Å². The molecule has 1 aliphatic heterocycles. The molecule has 1 heterocycles. The van der Waals surface area contributed by atoms with Crippen LogP contribution in [0.1, 0.15) is 24.4 Å². The number of ether oxygens (including phenoxy) is 1. The predicted octanol–water partition coefficient (Wildman–Crippen LogP) is 2.76. The number of rotatable bonds is 5. The number of piperidine rings is 1. The molecule has 4 heteroatoms. The Bertz CT molecular complexity index is 622. The summed E-state index contributed by atoms with van der Waals surface area (Å²) in [6, 6.07) is 19.3. The highest BCUT2D eigenvalue weighted by molar-refractivity contribution is 5.81. The predicted molar refractivity (Wildman–Crippen MR) is 90.0 cm³/mol. The van der Waals surface area contributed by atoms with E-state index in [9.17, 15) is 4.79 Å². The Morgan fingerprint density at radius 2 is 1.57 bits per heavy atom. The third-order valence-corrected chi connectivity index (χ3v) is 4.27. The van der Waals surface area contributed by atoms with Gasteiger partial charge in [0.2, 0.25) is 5.91 Å². The van der Waals surface area contributed by atoms with Gasteiger partial charge in [-0.05, 0) is 30.5 Å². The normalized spacial score (nSPS) is 17.6. The van der Waals surface area contributed by atoms with E-state index in [1.54, 1.807) is 0 Å². The first-order valence-electron chi connectivity index (χ1n) is 8.04. The van der Waals surface area contributed by atoms with Crippen molar-refractivity contribution in [2.24, 2.45) is 5.73 Å². The molecule has 120 valence electrons. The van der Waals surface area contributed by atoms with Crippen molar-refractivity contribution in [3.8, 4) is 5.75 Å². The van der Waals surface area contributed by atoms with Gasteiger partial charge in [0.15, 0.2) is 0 Å². The lowest BCUT2D eigenvalue weighted by molar-refractivity contribution is -0.124. The highest BCUT2D eigenvalue weighted by Crippen LogP contribution is 2.26. The van der Waals surface area contributed by atoms with E-state index in [4.69, 9.17) is 10.5 Å². The van der Waals surface area contributed by atoms with Crippen LogP contribution in [0.5, 0.6) is 5.75 Å². The monoisotopic (exact) mass is 310 g/mol. The molecular formula is C19H22N2O2. The van der Waals surface area contributed by atoms with E-state index in [2.05, 4.69) is 4.90 Å². The zero-order chi connectivity index (χ0) is 16.1. The largest absolute Gasteiger partial charge is 0.490 e. The van der Waals surface area contributed by atoms with Crippen LogP contribution in [-0.4, -0.2) is 30.0 Å². The maximum Gasteiger partial charge on any atom is 0.239 e. The van der Waals surface area contributed by atoms with Crippen LogP contribution in [-0.2, 0) is 4.79 Å². The first-order valence-corrected chi connectivity index (χ1v) is 8.04. The molecule has 1 atom stereocenters. The number of hydrogen-bond donors (Lipinski definition) is 1. The summed E-state index contributed by atoms with van der Waals surface area (Å²) >= 11 is 0. The van der Waals surface area contributed by atoms with Crippen molar-refractivity contribution >= 4 is 5.91 Å². The quantitative estimate of drug-likeness (QED) is 0.924. The van der Waals surface area contributed by atoms with Crippen molar-refractivity contribution in [1.82, 2.24) is 4.90 Å². The molecule has 0 unspecified atom stereocenters. The summed E-state index contributed by atoms with van der Waals surface area (Å²) in [4.78, 5) is 14.1. The Labute approximate surface area is 136 Å². The number of carbonyl (C=O) groups excluding carboxylic acids is 1. The summed E-state index contributed by atoms with van der Waals surface area (Å²) in [7, 11) is 0. The molecule has 0 bridgehead atoms. The molecule has 1 fully saturated rings. The molecule has 3 rings (SSSR count). The number of likely N-dealkylation sites (tertiary alicyclic amines) is 1. The first kappa shape index (κ1) is 15.6. The van der Waals surface area contributed by atoms with Gasteiger partial charge in [-0.3, -0.25) is 9.69 Å². The maximum atomic E-state index is 11.9. The third-order valence-electron chi connectivity index (χ3n) is 4.27. The third kappa shape index (κ3) is 3.90. The highest BCUT2D eigenvalue weighted by Gasteiger charge is 2.30. The molecule has 0 aliphatic carbocycles. The smallest absolute Gasteiger partial charge is 0.239 e. The van der Waals surface area contributed by atoms with Gasteiger partial charge in [0.25, 0.3) is 0 Å². The van der Waals surface area contributed by atoms with Crippen LogP contribution < -0.4 is 10.5 Å². The Morgan fingerprint density at radius 1 is 1.00 bits per heavy atom. The van der Waals surface area contributed by atoms with Crippen LogP contribution in [0.2, 0.25) is 0 Å². The van der Waals surface area contributed by atoms with Gasteiger partial charge < -0.3 is 10.5 Å². The van der Waals surface area contributed by atoms with Crippen LogP contribution in [0.25, 0.3) is 0 Å². The lowest BCUT2D eigenvalue weighted by atomic mass is 10.00. The van der Waals surface area contributed by atoms with E-state index in [-0.39, 0.29) is 18.1 Å². The summed E-state index contributed by atoms with van der Waals surface area (Å²) < 4.78 is 6.01. The number of nitrogens with zero attached hydrogens (tertiary/aromatic N) is 1. The average molecular weight is 310 g/mol. The fraction of sp³-hybridized carbons (Fsp3) is 0.316. The van der Waals surface area contributed by atoms with E-state index in [1.807, 2.05) is 60.7 Å². The second kappa shape index (κ2) is 7.29. The number of benzene rings is 2. The molecule has 1 amide bonds. The molecule has 2 aromatic carbocycles. The van der Waals surface area contributed by atoms with Gasteiger partial charge in [-0.25, -0.2) is 0 Å². The van der Waals surface area contributed by atoms with Crippen molar-refractivity contribution in [1.29, 1.82) is 0 Å². The molecule has 0 spiro atoms. The first-order chi connectivity index (χ1) is 11.2. The zero-order valence-electron chi connectivity index (χ0n) is 13.1. The van der Waals surface area contributed by atoms with Crippen LogP contribution in [0.15, 0.2) is 60.7 Å². The number of primary amides is 1. The Hall–Kier alpha value is -2.33. The zero-order valence-corrected chi connectivity index (χ0v) is 13.1. The van der Waals surface area contributed by atoms with Crippen molar-refractivity contribution < 1.29 is 9.53 Å². The highest BCUT2D eigenvalue weighted by atomic mass is 16.5. The summed E-state index contributed by atoms with van der Waals surface area (Å²) in [5.41, 5.74) is 6.61. The lowest BCUT2D eigenvalue weighted by Crippen LogP contribution is -2.44. The van der Waals surface area contributed by atoms with Crippen molar-refractivity contribution in [2.75, 3.05) is 13.1 Å². The fourth-order valence-electron chi connectivity index (χ4n) is 3.13. The second-order valence-electron chi connectivity index (χ2n) is 5.88. The summed E-state index contributed by atoms with van der Waals surface area (Å²) in [5, 5.41) is 0. The summed E-state index contributed by atoms with van der Waals surface area (Å²) in [6.45, 7) is 1.61.